The summed E-state index contributed by atoms with van der Waals surface area (Å²) >= 11 is 0. The molecule has 2 aliphatic carbocycles. The van der Waals surface area contributed by atoms with Crippen molar-refractivity contribution in [1.29, 1.82) is 0 Å². The topological polar surface area (TPSA) is 77.9 Å². The Kier molecular flexibility index (Phi) is 6.35. The number of piperazine rings is 1. The highest BCUT2D eigenvalue weighted by atomic mass is 16.2. The Morgan fingerprint density at radius 3 is 2.38 bits per heavy atom. The molecule has 3 aliphatic rings. The summed E-state index contributed by atoms with van der Waals surface area (Å²) in [7, 11) is 0. The number of benzene rings is 1. The number of hydrogen-bond acceptors (Lipinski definition) is 4. The van der Waals surface area contributed by atoms with Crippen LogP contribution in [0.15, 0.2) is 53.7 Å². The lowest BCUT2D eigenvalue weighted by molar-refractivity contribution is -0.123. The van der Waals surface area contributed by atoms with Gasteiger partial charge in [0, 0.05) is 44.5 Å². The second-order valence-electron chi connectivity index (χ2n) is 9.76. The van der Waals surface area contributed by atoms with Crippen LogP contribution in [0.25, 0.3) is 0 Å². The van der Waals surface area contributed by atoms with Gasteiger partial charge in [0.25, 0.3) is 5.91 Å². The summed E-state index contributed by atoms with van der Waals surface area (Å²) < 4.78 is 0. The molecule has 2 amide bonds. The van der Waals surface area contributed by atoms with Gasteiger partial charge in [-0.15, -0.1) is 0 Å². The Morgan fingerprint density at radius 1 is 1.03 bits per heavy atom. The van der Waals surface area contributed by atoms with Crippen molar-refractivity contribution in [1.82, 2.24) is 20.1 Å². The normalized spacial score (nSPS) is 19.6. The molecule has 2 heterocycles. The molecule has 5 rings (SSSR count). The lowest BCUT2D eigenvalue weighted by Crippen LogP contribution is -2.51. The summed E-state index contributed by atoms with van der Waals surface area (Å²) in [6.45, 7) is 5.25. The first-order chi connectivity index (χ1) is 16.6. The number of aryl methyl sites for hydroxylation is 1. The highest BCUT2D eigenvalue weighted by molar-refractivity contribution is 6.01. The van der Waals surface area contributed by atoms with Gasteiger partial charge < -0.3 is 15.1 Å². The third kappa shape index (κ3) is 4.98. The average Bonchev–Trinajstić information content (AvgIpc) is 3.80. The van der Waals surface area contributed by atoms with Crippen molar-refractivity contribution in [3.05, 3.63) is 65.5 Å². The summed E-state index contributed by atoms with van der Waals surface area (Å²) in [4.78, 5) is 39.7. The number of rotatable bonds is 7. The third-order valence-electron chi connectivity index (χ3n) is 7.14. The number of hydrogen-bond donors (Lipinski definition) is 1. The lowest BCUT2D eigenvalue weighted by Gasteiger charge is -2.37. The van der Waals surface area contributed by atoms with Crippen LogP contribution in [-0.2, 0) is 4.79 Å². The van der Waals surface area contributed by atoms with Gasteiger partial charge in [0.05, 0.1) is 0 Å². The van der Waals surface area contributed by atoms with E-state index in [1.54, 1.807) is 6.20 Å². The second-order valence-corrected chi connectivity index (χ2v) is 9.76. The number of pyridine rings is 1. The highest BCUT2D eigenvalue weighted by Crippen LogP contribution is 2.41. The molecule has 3 fully saturated rings. The van der Waals surface area contributed by atoms with E-state index in [2.05, 4.69) is 15.2 Å². The van der Waals surface area contributed by atoms with E-state index in [1.165, 1.54) is 12.8 Å². The molecule has 34 heavy (non-hydrogen) atoms. The molecule has 2 aromatic rings. The lowest BCUT2D eigenvalue weighted by atomic mass is 10.1. The SMILES string of the molecule is Cc1ccccc1C(=O)N1CCN(C(=NC2(C(=O)NCCC3CC3)CC2)c2ccccn2)CC1. The molecule has 2 saturated carbocycles. The van der Waals surface area contributed by atoms with Crippen LogP contribution in [-0.4, -0.2) is 70.7 Å². The molecule has 1 aromatic heterocycles. The maximum atomic E-state index is 13.1. The standard InChI is InChI=1S/C27H33N5O2/c1-20-6-2-3-7-22(20)25(33)32-18-16-31(17-19-32)24(23-8-4-5-14-28-23)30-27(12-13-27)26(34)29-15-11-21-9-10-21/h2-8,14,21H,9-13,15-19H2,1H3,(H,29,34). The minimum Gasteiger partial charge on any atom is -0.354 e. The second kappa shape index (κ2) is 9.57. The first-order valence-electron chi connectivity index (χ1n) is 12.5. The van der Waals surface area contributed by atoms with Gasteiger partial charge in [-0.25, -0.2) is 4.99 Å². The minimum absolute atomic E-state index is 0.0370. The van der Waals surface area contributed by atoms with Gasteiger partial charge in [-0.3, -0.25) is 14.6 Å². The fourth-order valence-electron chi connectivity index (χ4n) is 4.56. The van der Waals surface area contributed by atoms with Crippen molar-refractivity contribution in [3.8, 4) is 0 Å². The van der Waals surface area contributed by atoms with Crippen LogP contribution in [0.4, 0.5) is 0 Å². The van der Waals surface area contributed by atoms with E-state index in [9.17, 15) is 9.59 Å². The summed E-state index contributed by atoms with van der Waals surface area (Å²) in [5, 5.41) is 3.12. The van der Waals surface area contributed by atoms with Gasteiger partial charge in [-0.05, 0) is 55.9 Å². The van der Waals surface area contributed by atoms with E-state index in [4.69, 9.17) is 4.99 Å². The maximum absolute atomic E-state index is 13.1. The van der Waals surface area contributed by atoms with Crippen molar-refractivity contribution in [2.75, 3.05) is 32.7 Å². The number of nitrogens with one attached hydrogen (secondary N) is 1. The molecule has 178 valence electrons. The van der Waals surface area contributed by atoms with Gasteiger partial charge in [0.15, 0.2) is 5.84 Å². The maximum Gasteiger partial charge on any atom is 0.254 e. The molecule has 0 unspecified atom stereocenters. The van der Waals surface area contributed by atoms with Crippen molar-refractivity contribution >= 4 is 17.6 Å². The summed E-state index contributed by atoms with van der Waals surface area (Å²) in [6, 6.07) is 13.5. The number of nitrogens with zero attached hydrogens (tertiary/aromatic N) is 4. The largest absolute Gasteiger partial charge is 0.354 e. The van der Waals surface area contributed by atoms with Crippen LogP contribution in [0.3, 0.4) is 0 Å². The van der Waals surface area contributed by atoms with Crippen LogP contribution < -0.4 is 5.32 Å². The van der Waals surface area contributed by atoms with E-state index < -0.39 is 5.54 Å². The zero-order chi connectivity index (χ0) is 23.5. The molecule has 0 atom stereocenters. The number of aromatic nitrogens is 1. The van der Waals surface area contributed by atoms with Crippen molar-refractivity contribution < 1.29 is 9.59 Å². The molecule has 1 aromatic carbocycles. The predicted molar refractivity (Wildman–Crippen MR) is 132 cm³/mol. The Labute approximate surface area is 201 Å². The quantitative estimate of drug-likeness (QED) is 0.510. The average molecular weight is 460 g/mol. The van der Waals surface area contributed by atoms with Gasteiger partial charge >= 0.3 is 0 Å². The Hall–Kier alpha value is -3.22. The molecule has 1 aliphatic heterocycles. The van der Waals surface area contributed by atoms with Gasteiger partial charge in [-0.2, -0.15) is 0 Å². The zero-order valence-electron chi connectivity index (χ0n) is 19.9. The molecular weight excluding hydrogens is 426 g/mol. The monoisotopic (exact) mass is 459 g/mol. The van der Waals surface area contributed by atoms with Crippen LogP contribution in [0, 0.1) is 12.8 Å². The number of amidine groups is 1. The molecule has 7 nitrogen and oxygen atoms in total. The first-order valence-corrected chi connectivity index (χ1v) is 12.5. The molecule has 0 bridgehead atoms. The zero-order valence-corrected chi connectivity index (χ0v) is 19.9. The van der Waals surface area contributed by atoms with Gasteiger partial charge in [-0.1, -0.05) is 37.1 Å². The molecule has 0 radical (unpaired) electrons. The van der Waals surface area contributed by atoms with Crippen LogP contribution in [0.1, 0.15) is 53.7 Å². The van der Waals surface area contributed by atoms with Crippen molar-refractivity contribution in [2.24, 2.45) is 10.9 Å². The number of aliphatic imine (C=N–C) groups is 1. The van der Waals surface area contributed by atoms with Crippen molar-refractivity contribution in [2.45, 2.75) is 44.6 Å². The van der Waals surface area contributed by atoms with E-state index >= 15 is 0 Å². The Morgan fingerprint density at radius 2 is 1.74 bits per heavy atom. The number of carbonyl (C=O) groups is 2. The van der Waals surface area contributed by atoms with Crippen LogP contribution in [0.5, 0.6) is 0 Å². The predicted octanol–water partition coefficient (Wildman–Crippen LogP) is 3.04. The van der Waals surface area contributed by atoms with Crippen LogP contribution in [0.2, 0.25) is 0 Å². The Bertz CT molecular complexity index is 1070. The highest BCUT2D eigenvalue weighted by Gasteiger charge is 2.51. The molecular formula is C27H33N5O2. The smallest absolute Gasteiger partial charge is 0.254 e. The summed E-state index contributed by atoms with van der Waals surface area (Å²) in [6.07, 6.45) is 6.95. The van der Waals surface area contributed by atoms with Gasteiger partial charge in [0.2, 0.25) is 5.91 Å². The van der Waals surface area contributed by atoms with Gasteiger partial charge in [0.1, 0.15) is 11.2 Å². The minimum atomic E-state index is -0.676. The number of carbonyl (C=O) groups excluding carboxylic acids is 2. The van der Waals surface area contributed by atoms with Crippen molar-refractivity contribution in [3.63, 3.8) is 0 Å². The molecule has 7 heteroatoms. The van der Waals surface area contributed by atoms with Crippen LogP contribution >= 0.6 is 0 Å². The molecule has 1 saturated heterocycles. The Balaban J connectivity index is 1.30. The fourth-order valence-corrected chi connectivity index (χ4v) is 4.56. The first kappa shape index (κ1) is 22.6. The van der Waals surface area contributed by atoms with E-state index in [1.807, 2.05) is 54.3 Å². The third-order valence-corrected chi connectivity index (χ3v) is 7.14. The molecule has 1 N–H and O–H groups in total. The fraction of sp³-hybridized carbons (Fsp3) is 0.481. The van der Waals surface area contributed by atoms with E-state index in [-0.39, 0.29) is 11.8 Å². The number of amides is 2. The molecule has 0 spiro atoms. The summed E-state index contributed by atoms with van der Waals surface area (Å²) in [5.41, 5.74) is 1.85. The summed E-state index contributed by atoms with van der Waals surface area (Å²) in [5.74, 6) is 1.66. The van der Waals surface area contributed by atoms with E-state index in [0.717, 1.165) is 54.4 Å². The van der Waals surface area contributed by atoms with E-state index in [0.29, 0.717) is 26.2 Å².